The molecule has 0 fully saturated rings. The summed E-state index contributed by atoms with van der Waals surface area (Å²) in [6, 6.07) is 15.5. The number of halogens is 1. The Kier molecular flexibility index (Phi) is 7.95. The third-order valence-corrected chi connectivity index (χ3v) is 7.58. The van der Waals surface area contributed by atoms with Crippen LogP contribution in [-0.4, -0.2) is 30.9 Å². The summed E-state index contributed by atoms with van der Waals surface area (Å²) in [5.74, 6) is 1.68. The van der Waals surface area contributed by atoms with Crippen molar-refractivity contribution in [1.29, 1.82) is 0 Å². The molecular weight excluding hydrogens is 552 g/mol. The summed E-state index contributed by atoms with van der Waals surface area (Å²) in [7, 11) is 1.56. The lowest BCUT2D eigenvalue weighted by atomic mass is 9.95. The summed E-state index contributed by atoms with van der Waals surface area (Å²) in [6.07, 6.45) is 1.68. The first-order valence-corrected chi connectivity index (χ1v) is 13.9. The van der Waals surface area contributed by atoms with E-state index in [1.807, 2.05) is 31.2 Å². The van der Waals surface area contributed by atoms with Gasteiger partial charge in [-0.15, -0.1) is 0 Å². The highest BCUT2D eigenvalue weighted by molar-refractivity contribution is 7.07. The number of carbonyl (C=O) groups excluding carboxylic acids is 1. The zero-order chi connectivity index (χ0) is 28.4. The van der Waals surface area contributed by atoms with Gasteiger partial charge in [0.15, 0.2) is 16.3 Å². The van der Waals surface area contributed by atoms with E-state index in [2.05, 4.69) is 4.99 Å². The number of rotatable bonds is 8. The van der Waals surface area contributed by atoms with Gasteiger partial charge in [0, 0.05) is 16.7 Å². The number of ether oxygens (including phenoxy) is 3. The average molecular weight is 579 g/mol. The molecule has 40 heavy (non-hydrogen) atoms. The molecule has 8 nitrogen and oxygen atoms in total. The van der Waals surface area contributed by atoms with Crippen molar-refractivity contribution in [3.05, 3.63) is 102 Å². The fourth-order valence-corrected chi connectivity index (χ4v) is 5.72. The first kappa shape index (κ1) is 27.5. The maximum absolute atomic E-state index is 13.9. The van der Waals surface area contributed by atoms with E-state index < -0.39 is 12.0 Å². The minimum atomic E-state index is -0.774. The van der Waals surface area contributed by atoms with Crippen LogP contribution in [0.1, 0.15) is 38.1 Å². The van der Waals surface area contributed by atoms with Crippen LogP contribution < -0.4 is 24.4 Å². The minimum absolute atomic E-state index is 0.189. The van der Waals surface area contributed by atoms with Crippen molar-refractivity contribution in [2.24, 2.45) is 4.99 Å². The summed E-state index contributed by atoms with van der Waals surface area (Å²) in [5, 5.41) is 0.633. The molecule has 2 aromatic heterocycles. The third-order valence-electron chi connectivity index (χ3n) is 6.35. The van der Waals surface area contributed by atoms with Crippen molar-refractivity contribution < 1.29 is 23.4 Å². The average Bonchev–Trinajstić information content (AvgIpc) is 3.53. The van der Waals surface area contributed by atoms with Crippen LogP contribution in [0.4, 0.5) is 0 Å². The first-order valence-electron chi connectivity index (χ1n) is 12.7. The highest BCUT2D eigenvalue weighted by Gasteiger charge is 2.34. The summed E-state index contributed by atoms with van der Waals surface area (Å²) in [4.78, 5) is 32.1. The smallest absolute Gasteiger partial charge is 0.338 e. The molecule has 10 heteroatoms. The number of fused-ring (bicyclic) bond motifs is 1. The molecule has 1 aliphatic heterocycles. The van der Waals surface area contributed by atoms with E-state index in [0.717, 1.165) is 5.56 Å². The van der Waals surface area contributed by atoms with Gasteiger partial charge in [0.2, 0.25) is 0 Å². The topological polar surface area (TPSA) is 92.3 Å². The number of hydrogen-bond donors (Lipinski definition) is 0. The van der Waals surface area contributed by atoms with Crippen LogP contribution in [0.3, 0.4) is 0 Å². The molecule has 206 valence electrons. The van der Waals surface area contributed by atoms with Crippen LogP contribution in [0.15, 0.2) is 80.1 Å². The Morgan fingerprint density at radius 1 is 1.10 bits per heavy atom. The maximum atomic E-state index is 13.9. The predicted molar refractivity (Wildman–Crippen MR) is 154 cm³/mol. The number of aromatic nitrogens is 1. The quantitative estimate of drug-likeness (QED) is 0.270. The van der Waals surface area contributed by atoms with E-state index in [4.69, 9.17) is 30.2 Å². The molecule has 0 unspecified atom stereocenters. The molecule has 0 bridgehead atoms. The second-order valence-corrected chi connectivity index (χ2v) is 10.3. The molecule has 5 rings (SSSR count). The van der Waals surface area contributed by atoms with Gasteiger partial charge in [0.05, 0.1) is 42.2 Å². The standard InChI is InChI=1S/C30H27ClN2O6S/c1-5-37-24-15-19(9-13-23(24)36-4)27-26(29(35)38-6-2)17(3)32-30-33(27)28(34)25(40-30)16-21-12-14-22(39-21)18-7-10-20(31)11-8-18/h7-16,27H,5-6H2,1-4H3/t27-/m1/s1. The van der Waals surface area contributed by atoms with Crippen molar-refractivity contribution in [2.45, 2.75) is 26.8 Å². The number of methoxy groups -OCH3 is 1. The van der Waals surface area contributed by atoms with Crippen LogP contribution >= 0.6 is 22.9 Å². The molecule has 0 aliphatic carbocycles. The molecule has 3 heterocycles. The van der Waals surface area contributed by atoms with Crippen LogP contribution in [0.5, 0.6) is 11.5 Å². The maximum Gasteiger partial charge on any atom is 0.338 e. The van der Waals surface area contributed by atoms with Gasteiger partial charge in [-0.3, -0.25) is 9.36 Å². The van der Waals surface area contributed by atoms with Crippen LogP contribution in [0.2, 0.25) is 5.02 Å². The van der Waals surface area contributed by atoms with Crippen molar-refractivity contribution >= 4 is 35.0 Å². The lowest BCUT2D eigenvalue weighted by Crippen LogP contribution is -2.39. The fraction of sp³-hybridized carbons (Fsp3) is 0.233. The molecule has 0 saturated heterocycles. The van der Waals surface area contributed by atoms with Crippen LogP contribution in [0.25, 0.3) is 17.4 Å². The van der Waals surface area contributed by atoms with Gasteiger partial charge in [-0.2, -0.15) is 0 Å². The van der Waals surface area contributed by atoms with Gasteiger partial charge < -0.3 is 18.6 Å². The van der Waals surface area contributed by atoms with Gasteiger partial charge in [-0.05, 0) is 74.9 Å². The number of allylic oxidation sites excluding steroid dienone is 1. The highest BCUT2D eigenvalue weighted by Crippen LogP contribution is 2.36. The summed E-state index contributed by atoms with van der Waals surface area (Å²) in [5.41, 5.74) is 1.99. The Morgan fingerprint density at radius 3 is 2.58 bits per heavy atom. The van der Waals surface area contributed by atoms with Crippen molar-refractivity contribution in [2.75, 3.05) is 20.3 Å². The summed E-state index contributed by atoms with van der Waals surface area (Å²) >= 11 is 7.23. The number of esters is 1. The summed E-state index contributed by atoms with van der Waals surface area (Å²) in [6.45, 7) is 5.96. The molecule has 0 saturated carbocycles. The number of carbonyl (C=O) groups is 1. The fourth-order valence-electron chi connectivity index (χ4n) is 4.57. The van der Waals surface area contributed by atoms with E-state index in [9.17, 15) is 9.59 Å². The molecular formula is C30H27ClN2O6S. The van der Waals surface area contributed by atoms with E-state index in [1.54, 1.807) is 57.4 Å². The lowest BCUT2D eigenvalue weighted by Gasteiger charge is -2.25. The van der Waals surface area contributed by atoms with Crippen molar-refractivity contribution in [3.63, 3.8) is 0 Å². The molecule has 0 spiro atoms. The SMILES string of the molecule is CCOC(=O)C1=C(C)N=c2sc(=Cc3ccc(-c4ccc(Cl)cc4)o3)c(=O)n2[C@@H]1c1ccc(OC)c(OCC)c1. The molecule has 1 atom stereocenters. The van der Waals surface area contributed by atoms with Crippen LogP contribution in [-0.2, 0) is 9.53 Å². The Labute approximate surface area is 239 Å². The molecule has 1 aliphatic rings. The molecule has 2 aromatic carbocycles. The minimum Gasteiger partial charge on any atom is -0.493 e. The number of hydrogen-bond acceptors (Lipinski definition) is 8. The van der Waals surface area contributed by atoms with E-state index >= 15 is 0 Å². The zero-order valence-electron chi connectivity index (χ0n) is 22.4. The monoisotopic (exact) mass is 578 g/mol. The Bertz CT molecular complexity index is 1780. The second kappa shape index (κ2) is 11.6. The molecule has 4 aromatic rings. The predicted octanol–water partition coefficient (Wildman–Crippen LogP) is 5.12. The normalized spacial score (nSPS) is 15.0. The first-order chi connectivity index (χ1) is 19.3. The van der Waals surface area contributed by atoms with Crippen LogP contribution in [0, 0.1) is 0 Å². The van der Waals surface area contributed by atoms with Gasteiger partial charge in [0.25, 0.3) is 5.56 Å². The number of benzene rings is 2. The Morgan fingerprint density at radius 2 is 1.88 bits per heavy atom. The van der Waals surface area contributed by atoms with E-state index in [-0.39, 0.29) is 17.7 Å². The lowest BCUT2D eigenvalue weighted by molar-refractivity contribution is -0.139. The van der Waals surface area contributed by atoms with Gasteiger partial charge in [0.1, 0.15) is 11.5 Å². The second-order valence-electron chi connectivity index (χ2n) is 8.85. The largest absolute Gasteiger partial charge is 0.493 e. The third kappa shape index (κ3) is 5.22. The Balaban J connectivity index is 1.65. The number of thiazole rings is 1. The number of furan rings is 1. The zero-order valence-corrected chi connectivity index (χ0v) is 24.0. The highest BCUT2D eigenvalue weighted by atomic mass is 35.5. The van der Waals surface area contributed by atoms with Gasteiger partial charge in [-0.25, -0.2) is 9.79 Å². The molecule has 0 amide bonds. The molecule has 0 radical (unpaired) electrons. The van der Waals surface area contributed by atoms with E-state index in [1.165, 1.54) is 15.9 Å². The molecule has 0 N–H and O–H groups in total. The van der Waals surface area contributed by atoms with Crippen molar-refractivity contribution in [1.82, 2.24) is 4.57 Å². The number of nitrogens with zero attached hydrogens (tertiary/aromatic N) is 2. The van der Waals surface area contributed by atoms with E-state index in [0.29, 0.717) is 55.2 Å². The Hall–Kier alpha value is -4.08. The van der Waals surface area contributed by atoms with Gasteiger partial charge >= 0.3 is 5.97 Å². The van der Waals surface area contributed by atoms with Gasteiger partial charge in [-0.1, -0.05) is 29.0 Å². The van der Waals surface area contributed by atoms with Crippen molar-refractivity contribution in [3.8, 4) is 22.8 Å². The summed E-state index contributed by atoms with van der Waals surface area (Å²) < 4.78 is 24.6.